The summed E-state index contributed by atoms with van der Waals surface area (Å²) < 4.78 is 12.9. The van der Waals surface area contributed by atoms with Crippen LogP contribution in [-0.2, 0) is 11.3 Å². The predicted molar refractivity (Wildman–Crippen MR) is 61.2 cm³/mol. The number of hydrogen-bond acceptors (Lipinski definition) is 2. The highest BCUT2D eigenvalue weighted by Crippen LogP contribution is 2.08. The number of amides is 1. The third-order valence-electron chi connectivity index (χ3n) is 2.36. The summed E-state index contributed by atoms with van der Waals surface area (Å²) in [5.41, 5.74) is 6.13. The molecule has 0 atom stereocenters. The summed E-state index contributed by atoms with van der Waals surface area (Å²) in [6.45, 7) is 3.29. The molecule has 4 heteroatoms. The zero-order valence-electron chi connectivity index (χ0n) is 9.45. The molecule has 1 aromatic carbocycles. The molecule has 16 heavy (non-hydrogen) atoms. The summed E-state index contributed by atoms with van der Waals surface area (Å²) in [6, 6.07) is 6.28. The normalized spacial score (nSPS) is 10.2. The number of carbonyl (C=O) groups excluding carboxylic acids is 1. The molecule has 0 bridgehead atoms. The molecule has 2 N–H and O–H groups in total. The molecule has 0 radical (unpaired) electrons. The lowest BCUT2D eigenvalue weighted by molar-refractivity contribution is -0.131. The fourth-order valence-electron chi connectivity index (χ4n) is 1.51. The lowest BCUT2D eigenvalue weighted by Gasteiger charge is -2.20. The second-order valence-electron chi connectivity index (χ2n) is 3.58. The molecule has 0 fully saturated rings. The average Bonchev–Trinajstić information content (AvgIpc) is 2.26. The predicted octanol–water partition coefficient (Wildman–Crippen LogP) is 1.52. The first-order valence-corrected chi connectivity index (χ1v) is 5.39. The minimum absolute atomic E-state index is 0.00858. The van der Waals surface area contributed by atoms with Crippen LogP contribution in [0.4, 0.5) is 4.39 Å². The van der Waals surface area contributed by atoms with E-state index < -0.39 is 0 Å². The lowest BCUT2D eigenvalue weighted by atomic mass is 10.2. The number of halogens is 1. The van der Waals surface area contributed by atoms with E-state index >= 15 is 0 Å². The van der Waals surface area contributed by atoms with Crippen LogP contribution in [0.25, 0.3) is 0 Å². The van der Waals surface area contributed by atoms with Crippen molar-refractivity contribution in [3.05, 3.63) is 35.6 Å². The Kier molecular flexibility index (Phi) is 4.92. The lowest BCUT2D eigenvalue weighted by Crippen LogP contribution is -2.31. The van der Waals surface area contributed by atoms with Crippen molar-refractivity contribution in [1.29, 1.82) is 0 Å². The maximum atomic E-state index is 12.9. The third kappa shape index (κ3) is 3.62. The molecule has 0 aliphatic carbocycles. The molecule has 0 aliphatic heterocycles. The van der Waals surface area contributed by atoms with E-state index in [0.717, 1.165) is 5.56 Å². The van der Waals surface area contributed by atoms with E-state index in [1.54, 1.807) is 11.0 Å². The molecule has 0 saturated heterocycles. The Bertz CT molecular complexity index is 355. The highest BCUT2D eigenvalue weighted by molar-refractivity contribution is 5.76. The Hall–Kier alpha value is -1.42. The zero-order valence-corrected chi connectivity index (χ0v) is 9.45. The molecule has 0 unspecified atom stereocenters. The number of carbonyl (C=O) groups is 1. The highest BCUT2D eigenvalue weighted by atomic mass is 19.1. The minimum Gasteiger partial charge on any atom is -0.339 e. The summed E-state index contributed by atoms with van der Waals surface area (Å²) in [4.78, 5) is 13.3. The van der Waals surface area contributed by atoms with Gasteiger partial charge >= 0.3 is 0 Å². The molecule has 1 aromatic rings. The first-order valence-electron chi connectivity index (χ1n) is 5.39. The van der Waals surface area contributed by atoms with Crippen LogP contribution in [0.15, 0.2) is 24.3 Å². The summed E-state index contributed by atoms with van der Waals surface area (Å²) >= 11 is 0. The van der Waals surface area contributed by atoms with E-state index in [9.17, 15) is 9.18 Å². The van der Waals surface area contributed by atoms with Gasteiger partial charge in [0.2, 0.25) is 5.91 Å². The van der Waals surface area contributed by atoms with Crippen molar-refractivity contribution >= 4 is 5.91 Å². The Labute approximate surface area is 95.0 Å². The van der Waals surface area contributed by atoms with Gasteiger partial charge in [-0.15, -0.1) is 0 Å². The van der Waals surface area contributed by atoms with Crippen molar-refractivity contribution in [2.24, 2.45) is 5.73 Å². The van der Waals surface area contributed by atoms with Gasteiger partial charge in [-0.05, 0) is 24.6 Å². The van der Waals surface area contributed by atoms with E-state index in [2.05, 4.69) is 0 Å². The Morgan fingerprint density at radius 2 is 2.25 bits per heavy atom. The molecule has 1 amide bonds. The number of rotatable bonds is 5. The van der Waals surface area contributed by atoms with E-state index in [0.29, 0.717) is 26.1 Å². The molecule has 0 aromatic heterocycles. The van der Waals surface area contributed by atoms with E-state index in [-0.39, 0.29) is 11.7 Å². The van der Waals surface area contributed by atoms with E-state index in [1.165, 1.54) is 12.1 Å². The first kappa shape index (κ1) is 12.6. The molecular weight excluding hydrogens is 207 g/mol. The van der Waals surface area contributed by atoms with E-state index in [1.807, 2.05) is 13.0 Å². The number of hydrogen-bond donors (Lipinski definition) is 1. The number of nitrogens with two attached hydrogens (primary N) is 1. The Morgan fingerprint density at radius 1 is 1.50 bits per heavy atom. The van der Waals surface area contributed by atoms with Crippen molar-refractivity contribution in [2.45, 2.75) is 19.9 Å². The van der Waals surface area contributed by atoms with Crippen molar-refractivity contribution in [3.63, 3.8) is 0 Å². The van der Waals surface area contributed by atoms with Crippen LogP contribution in [0.3, 0.4) is 0 Å². The van der Waals surface area contributed by atoms with Crippen LogP contribution < -0.4 is 5.73 Å². The smallest absolute Gasteiger partial charge is 0.224 e. The van der Waals surface area contributed by atoms with Gasteiger partial charge < -0.3 is 10.6 Å². The fourth-order valence-corrected chi connectivity index (χ4v) is 1.51. The van der Waals surface area contributed by atoms with Gasteiger partial charge in [-0.3, -0.25) is 4.79 Å². The van der Waals surface area contributed by atoms with Gasteiger partial charge in [0.25, 0.3) is 0 Å². The second kappa shape index (κ2) is 6.23. The monoisotopic (exact) mass is 224 g/mol. The van der Waals surface area contributed by atoms with Crippen molar-refractivity contribution < 1.29 is 9.18 Å². The summed E-state index contributed by atoms with van der Waals surface area (Å²) in [5, 5.41) is 0. The van der Waals surface area contributed by atoms with Crippen LogP contribution in [0.1, 0.15) is 18.9 Å². The van der Waals surface area contributed by atoms with Gasteiger partial charge in [-0.2, -0.15) is 0 Å². The van der Waals surface area contributed by atoms with Gasteiger partial charge in [-0.25, -0.2) is 4.39 Å². The SMILES string of the molecule is CCN(Cc1cccc(F)c1)C(=O)CCN. The van der Waals surface area contributed by atoms with Crippen molar-refractivity contribution in [1.82, 2.24) is 4.90 Å². The highest BCUT2D eigenvalue weighted by Gasteiger charge is 2.10. The molecule has 0 spiro atoms. The molecule has 0 saturated carbocycles. The second-order valence-corrected chi connectivity index (χ2v) is 3.58. The zero-order chi connectivity index (χ0) is 12.0. The largest absolute Gasteiger partial charge is 0.339 e. The van der Waals surface area contributed by atoms with Crippen molar-refractivity contribution in [2.75, 3.05) is 13.1 Å². The van der Waals surface area contributed by atoms with Gasteiger partial charge in [0, 0.05) is 26.1 Å². The fraction of sp³-hybridized carbons (Fsp3) is 0.417. The van der Waals surface area contributed by atoms with Crippen LogP contribution in [0.5, 0.6) is 0 Å². The molecule has 3 nitrogen and oxygen atoms in total. The number of benzene rings is 1. The topological polar surface area (TPSA) is 46.3 Å². The Balaban J connectivity index is 2.66. The summed E-state index contributed by atoms with van der Waals surface area (Å²) in [6.07, 6.45) is 0.336. The summed E-state index contributed by atoms with van der Waals surface area (Å²) in [7, 11) is 0. The average molecular weight is 224 g/mol. The van der Waals surface area contributed by atoms with Crippen molar-refractivity contribution in [3.8, 4) is 0 Å². The quantitative estimate of drug-likeness (QED) is 0.824. The molecular formula is C12H17FN2O. The van der Waals surface area contributed by atoms with Crippen LogP contribution in [0, 0.1) is 5.82 Å². The van der Waals surface area contributed by atoms with Crippen LogP contribution >= 0.6 is 0 Å². The molecule has 0 aliphatic rings. The van der Waals surface area contributed by atoms with Gasteiger partial charge in [0.1, 0.15) is 5.82 Å². The maximum absolute atomic E-state index is 12.9. The van der Waals surface area contributed by atoms with Gasteiger partial charge in [0.15, 0.2) is 0 Å². The maximum Gasteiger partial charge on any atom is 0.224 e. The number of nitrogens with zero attached hydrogens (tertiary/aromatic N) is 1. The molecule has 0 heterocycles. The third-order valence-corrected chi connectivity index (χ3v) is 2.36. The summed E-state index contributed by atoms with van der Waals surface area (Å²) in [5.74, 6) is -0.269. The van der Waals surface area contributed by atoms with Gasteiger partial charge in [0.05, 0.1) is 0 Å². The van der Waals surface area contributed by atoms with E-state index in [4.69, 9.17) is 5.73 Å². The van der Waals surface area contributed by atoms with Gasteiger partial charge in [-0.1, -0.05) is 12.1 Å². The standard InChI is InChI=1S/C12H17FN2O/c1-2-15(12(16)6-7-14)9-10-4-3-5-11(13)8-10/h3-5,8H,2,6-7,9,14H2,1H3. The Morgan fingerprint density at radius 3 is 2.81 bits per heavy atom. The van der Waals surface area contributed by atoms with Crippen LogP contribution in [0.2, 0.25) is 0 Å². The molecule has 1 rings (SSSR count). The van der Waals surface area contributed by atoms with Crippen LogP contribution in [-0.4, -0.2) is 23.9 Å². The molecule has 88 valence electrons. The first-order chi connectivity index (χ1) is 7.67. The minimum atomic E-state index is -0.278.